The van der Waals surface area contributed by atoms with E-state index in [1.807, 2.05) is 0 Å². The van der Waals surface area contributed by atoms with E-state index in [-0.39, 0.29) is 11.1 Å². The van der Waals surface area contributed by atoms with Crippen molar-refractivity contribution in [3.8, 4) is 0 Å². The van der Waals surface area contributed by atoms with Crippen LogP contribution in [0.15, 0.2) is 54.6 Å². The number of halogens is 1. The number of rotatable bonds is 1. The molecule has 3 rings (SSSR count). The third-order valence-corrected chi connectivity index (χ3v) is 3.22. The van der Waals surface area contributed by atoms with Gasteiger partial charge in [0, 0.05) is 11.1 Å². The Morgan fingerprint density at radius 3 is 2.26 bits per heavy atom. The molecule has 1 amide bonds. The number of Topliss-reactive ketones (excluding diaryl/α,β-unsaturated/α-hetero) is 1. The number of hydrogen-bond acceptors (Lipinski definition) is 2. The molecular weight excluding hydrogens is 245 g/mol. The quantitative estimate of drug-likeness (QED) is 0.796. The lowest BCUT2D eigenvalue weighted by Gasteiger charge is -2.29. The van der Waals surface area contributed by atoms with Crippen LogP contribution >= 0.6 is 0 Å². The lowest BCUT2D eigenvalue weighted by Crippen LogP contribution is -2.47. The Morgan fingerprint density at radius 1 is 0.895 bits per heavy atom. The molecule has 0 radical (unpaired) electrons. The number of nitrogens with one attached hydrogen (secondary N) is 1. The van der Waals surface area contributed by atoms with Crippen LogP contribution in [0.1, 0.15) is 15.9 Å². The minimum absolute atomic E-state index is 0.0482. The molecule has 1 aliphatic heterocycles. The fraction of sp³-hybridized carbons (Fsp3) is 0.0667. The number of carbonyl (C=O) groups is 2. The van der Waals surface area contributed by atoms with Gasteiger partial charge >= 0.3 is 0 Å². The van der Waals surface area contributed by atoms with Crippen molar-refractivity contribution in [3.05, 3.63) is 65.7 Å². The molecule has 0 spiro atoms. The molecule has 4 heteroatoms. The highest BCUT2D eigenvalue weighted by atomic mass is 19.1. The van der Waals surface area contributed by atoms with E-state index in [1.165, 1.54) is 18.2 Å². The second-order valence-electron chi connectivity index (χ2n) is 4.35. The lowest BCUT2D eigenvalue weighted by molar-refractivity contribution is -0.125. The van der Waals surface area contributed by atoms with Crippen LogP contribution in [0, 0.1) is 0 Å². The largest absolute Gasteiger partial charge is 0.322 e. The normalized spacial score (nSPS) is 21.7. The molecule has 0 saturated carbocycles. The van der Waals surface area contributed by atoms with Gasteiger partial charge < -0.3 is 5.32 Å². The highest BCUT2D eigenvalue weighted by molar-refractivity contribution is 6.26. The summed E-state index contributed by atoms with van der Waals surface area (Å²) in [6, 6.07) is 14.2. The van der Waals surface area contributed by atoms with Crippen molar-refractivity contribution >= 4 is 17.4 Å². The maximum Gasteiger partial charge on any atom is 0.275 e. The van der Waals surface area contributed by atoms with E-state index in [9.17, 15) is 9.59 Å². The van der Waals surface area contributed by atoms with Gasteiger partial charge in [-0.2, -0.15) is 0 Å². The van der Waals surface area contributed by atoms with E-state index < -0.39 is 17.4 Å². The number of anilines is 1. The predicted molar refractivity (Wildman–Crippen MR) is 68.6 cm³/mol. The standard InChI is InChI=1S/C15H10FNO2/c16-15(10-6-2-1-3-7-10)13(18)11-8-4-5-9-12(11)17-14(15)19/h1-9H,(H,17,19). The van der Waals surface area contributed by atoms with Gasteiger partial charge in [0.25, 0.3) is 11.6 Å². The second kappa shape index (κ2) is 4.02. The van der Waals surface area contributed by atoms with Gasteiger partial charge in [-0.25, -0.2) is 4.39 Å². The number of carbonyl (C=O) groups excluding carboxylic acids is 2. The molecule has 1 aliphatic rings. The van der Waals surface area contributed by atoms with Crippen molar-refractivity contribution in [2.75, 3.05) is 5.32 Å². The van der Waals surface area contributed by atoms with Gasteiger partial charge in [-0.15, -0.1) is 0 Å². The van der Waals surface area contributed by atoms with Crippen LogP contribution in [0.5, 0.6) is 0 Å². The van der Waals surface area contributed by atoms with Crippen molar-refractivity contribution in [2.24, 2.45) is 0 Å². The van der Waals surface area contributed by atoms with Gasteiger partial charge in [0.2, 0.25) is 5.78 Å². The summed E-state index contributed by atoms with van der Waals surface area (Å²) in [4.78, 5) is 24.3. The number of alkyl halides is 1. The maximum absolute atomic E-state index is 15.0. The Hall–Kier alpha value is -2.49. The number of fused-ring (bicyclic) bond motifs is 1. The monoisotopic (exact) mass is 255 g/mol. The summed E-state index contributed by atoms with van der Waals surface area (Å²) in [6.07, 6.45) is 0. The van der Waals surface area contributed by atoms with Crippen molar-refractivity contribution in [3.63, 3.8) is 0 Å². The molecule has 1 unspecified atom stereocenters. The van der Waals surface area contributed by atoms with Crippen LogP contribution in [0.2, 0.25) is 0 Å². The first-order valence-corrected chi connectivity index (χ1v) is 5.84. The molecule has 3 nitrogen and oxygen atoms in total. The van der Waals surface area contributed by atoms with E-state index in [0.717, 1.165) is 0 Å². The summed E-state index contributed by atoms with van der Waals surface area (Å²) in [5.74, 6) is -1.76. The zero-order chi connectivity index (χ0) is 13.5. The van der Waals surface area contributed by atoms with Crippen molar-refractivity contribution in [1.29, 1.82) is 0 Å². The summed E-state index contributed by atoms with van der Waals surface area (Å²) in [5, 5.41) is 2.44. The highest BCUT2D eigenvalue weighted by Crippen LogP contribution is 2.37. The Labute approximate surface area is 109 Å². The fourth-order valence-corrected chi connectivity index (χ4v) is 2.22. The molecule has 0 bridgehead atoms. The predicted octanol–water partition coefficient (Wildman–Crippen LogP) is 2.69. The van der Waals surface area contributed by atoms with E-state index in [1.54, 1.807) is 36.4 Å². The Bertz CT molecular complexity index is 669. The minimum Gasteiger partial charge on any atom is -0.322 e. The average Bonchev–Trinajstić information content (AvgIpc) is 2.46. The van der Waals surface area contributed by atoms with Crippen LogP contribution in [-0.4, -0.2) is 11.7 Å². The summed E-state index contributed by atoms with van der Waals surface area (Å²) >= 11 is 0. The van der Waals surface area contributed by atoms with Gasteiger partial charge in [-0.05, 0) is 12.1 Å². The van der Waals surface area contributed by atoms with Crippen LogP contribution in [-0.2, 0) is 10.5 Å². The first-order valence-electron chi connectivity index (χ1n) is 5.84. The summed E-state index contributed by atoms with van der Waals surface area (Å²) in [7, 11) is 0. The average molecular weight is 255 g/mol. The van der Waals surface area contributed by atoms with E-state index >= 15 is 4.39 Å². The molecule has 1 heterocycles. The van der Waals surface area contributed by atoms with E-state index in [2.05, 4.69) is 5.32 Å². The Kier molecular flexibility index (Phi) is 2.45. The second-order valence-corrected chi connectivity index (χ2v) is 4.35. The molecule has 2 aromatic rings. The first kappa shape index (κ1) is 11.6. The SMILES string of the molecule is O=C1Nc2ccccc2C(=O)C1(F)c1ccccc1. The Balaban J connectivity index is 2.19. The third kappa shape index (κ3) is 1.57. The van der Waals surface area contributed by atoms with Crippen molar-refractivity contribution in [2.45, 2.75) is 5.67 Å². The summed E-state index contributed by atoms with van der Waals surface area (Å²) < 4.78 is 15.0. The zero-order valence-electron chi connectivity index (χ0n) is 9.89. The molecule has 0 aromatic heterocycles. The van der Waals surface area contributed by atoms with Crippen molar-refractivity contribution < 1.29 is 14.0 Å². The van der Waals surface area contributed by atoms with Gasteiger partial charge in [-0.3, -0.25) is 9.59 Å². The molecule has 94 valence electrons. The Morgan fingerprint density at radius 2 is 1.53 bits per heavy atom. The highest BCUT2D eigenvalue weighted by Gasteiger charge is 2.51. The number of benzene rings is 2. The van der Waals surface area contributed by atoms with Crippen molar-refractivity contribution in [1.82, 2.24) is 0 Å². The fourth-order valence-electron chi connectivity index (χ4n) is 2.22. The van der Waals surface area contributed by atoms with Gasteiger partial charge in [0.15, 0.2) is 0 Å². The zero-order valence-corrected chi connectivity index (χ0v) is 9.89. The van der Waals surface area contributed by atoms with Gasteiger partial charge in [-0.1, -0.05) is 42.5 Å². The number of hydrogen-bond donors (Lipinski definition) is 1. The van der Waals surface area contributed by atoms with E-state index in [4.69, 9.17) is 0 Å². The molecule has 2 aromatic carbocycles. The summed E-state index contributed by atoms with van der Waals surface area (Å²) in [5.41, 5.74) is -2.07. The number of para-hydroxylation sites is 1. The van der Waals surface area contributed by atoms with Crippen LogP contribution in [0.25, 0.3) is 0 Å². The topological polar surface area (TPSA) is 46.2 Å². The first-order chi connectivity index (χ1) is 9.14. The van der Waals surface area contributed by atoms with Crippen LogP contribution in [0.3, 0.4) is 0 Å². The summed E-state index contributed by atoms with van der Waals surface area (Å²) in [6.45, 7) is 0. The molecular formula is C15H10FNO2. The van der Waals surface area contributed by atoms with Crippen LogP contribution < -0.4 is 5.32 Å². The molecule has 0 saturated heterocycles. The number of amides is 1. The molecule has 1 N–H and O–H groups in total. The number of ketones is 1. The van der Waals surface area contributed by atoms with E-state index in [0.29, 0.717) is 5.69 Å². The lowest BCUT2D eigenvalue weighted by atomic mass is 9.83. The minimum atomic E-state index is -2.66. The van der Waals surface area contributed by atoms with Crippen LogP contribution in [0.4, 0.5) is 10.1 Å². The molecule has 0 aliphatic carbocycles. The molecule has 1 atom stereocenters. The smallest absolute Gasteiger partial charge is 0.275 e. The third-order valence-electron chi connectivity index (χ3n) is 3.22. The molecule has 0 fully saturated rings. The van der Waals surface area contributed by atoms with Gasteiger partial charge in [0.1, 0.15) is 0 Å². The maximum atomic E-state index is 15.0. The molecule has 19 heavy (non-hydrogen) atoms. The van der Waals surface area contributed by atoms with Gasteiger partial charge in [0.05, 0.1) is 5.69 Å².